The van der Waals surface area contributed by atoms with Crippen LogP contribution in [0.5, 0.6) is 0 Å². The number of rotatable bonds is 8. The van der Waals surface area contributed by atoms with Gasteiger partial charge in [-0.2, -0.15) is 0 Å². The van der Waals surface area contributed by atoms with E-state index in [0.29, 0.717) is 24.8 Å². The summed E-state index contributed by atoms with van der Waals surface area (Å²) in [6.45, 7) is 1.84. The van der Waals surface area contributed by atoms with Gasteiger partial charge in [-0.1, -0.05) is 23.7 Å². The molecule has 0 spiro atoms. The maximum Gasteiger partial charge on any atom is 0.0700 e. The normalized spacial score (nSPS) is 12.6. The van der Waals surface area contributed by atoms with Crippen LogP contribution in [0.2, 0.25) is 5.02 Å². The molecule has 96 valence electrons. The van der Waals surface area contributed by atoms with Crippen molar-refractivity contribution in [3.05, 3.63) is 34.9 Å². The van der Waals surface area contributed by atoms with E-state index in [1.807, 2.05) is 24.3 Å². The van der Waals surface area contributed by atoms with E-state index in [9.17, 15) is 0 Å². The Morgan fingerprint density at radius 3 is 2.82 bits per heavy atom. The first-order chi connectivity index (χ1) is 8.27. The van der Waals surface area contributed by atoms with Crippen molar-refractivity contribution in [2.45, 2.75) is 12.5 Å². The molecule has 0 fully saturated rings. The fourth-order valence-corrected chi connectivity index (χ4v) is 1.71. The van der Waals surface area contributed by atoms with Gasteiger partial charge >= 0.3 is 0 Å². The molecule has 0 amide bonds. The zero-order valence-corrected chi connectivity index (χ0v) is 10.7. The molecule has 0 radical (unpaired) electrons. The molecule has 1 aromatic carbocycles. The number of halogens is 1. The maximum absolute atomic E-state index is 5.93. The molecule has 1 aromatic rings. The number of benzene rings is 1. The van der Waals surface area contributed by atoms with Gasteiger partial charge in [-0.15, -0.1) is 0 Å². The van der Waals surface area contributed by atoms with Crippen LogP contribution < -0.4 is 11.3 Å². The van der Waals surface area contributed by atoms with Crippen molar-refractivity contribution in [1.29, 1.82) is 0 Å². The highest BCUT2D eigenvalue weighted by atomic mass is 35.5. The van der Waals surface area contributed by atoms with E-state index in [1.54, 1.807) is 7.11 Å². The smallest absolute Gasteiger partial charge is 0.0700 e. The highest BCUT2D eigenvalue weighted by Gasteiger charge is 2.09. The third-order valence-corrected chi connectivity index (χ3v) is 2.67. The summed E-state index contributed by atoms with van der Waals surface area (Å²) in [7, 11) is 1.65. The molecule has 1 atom stereocenters. The number of nitrogens with two attached hydrogens (primary N) is 1. The molecular formula is C12H19ClN2O2. The Kier molecular flexibility index (Phi) is 7.16. The summed E-state index contributed by atoms with van der Waals surface area (Å²) < 4.78 is 10.3. The van der Waals surface area contributed by atoms with Crippen molar-refractivity contribution in [3.63, 3.8) is 0 Å². The summed E-state index contributed by atoms with van der Waals surface area (Å²) in [6.07, 6.45) is 0.792. The first-order valence-electron chi connectivity index (χ1n) is 5.56. The van der Waals surface area contributed by atoms with Crippen LogP contribution in [-0.4, -0.2) is 26.9 Å². The van der Waals surface area contributed by atoms with Crippen LogP contribution in [0, 0.1) is 0 Å². The van der Waals surface area contributed by atoms with Crippen LogP contribution in [0.3, 0.4) is 0 Å². The van der Waals surface area contributed by atoms with Crippen molar-refractivity contribution in [2.24, 2.45) is 5.84 Å². The van der Waals surface area contributed by atoms with Crippen LogP contribution in [0.4, 0.5) is 0 Å². The average Bonchev–Trinajstić information content (AvgIpc) is 2.34. The second-order valence-electron chi connectivity index (χ2n) is 3.67. The number of hydrazine groups is 1. The molecule has 0 aliphatic carbocycles. The van der Waals surface area contributed by atoms with Gasteiger partial charge < -0.3 is 9.47 Å². The molecule has 1 unspecified atom stereocenters. The molecule has 0 aliphatic rings. The van der Waals surface area contributed by atoms with Crippen LogP contribution in [0.25, 0.3) is 0 Å². The molecule has 17 heavy (non-hydrogen) atoms. The Hall–Kier alpha value is -0.650. The topological polar surface area (TPSA) is 56.5 Å². The molecule has 0 bridgehead atoms. The van der Waals surface area contributed by atoms with Crippen LogP contribution in [0.1, 0.15) is 18.0 Å². The highest BCUT2D eigenvalue weighted by Crippen LogP contribution is 2.19. The first kappa shape index (κ1) is 14.4. The van der Waals surface area contributed by atoms with Crippen molar-refractivity contribution >= 4 is 11.6 Å². The van der Waals surface area contributed by atoms with E-state index in [2.05, 4.69) is 5.43 Å². The lowest BCUT2D eigenvalue weighted by atomic mass is 10.1. The largest absolute Gasteiger partial charge is 0.382 e. The predicted octanol–water partition coefficient (Wildman–Crippen LogP) is 1.90. The molecule has 5 heteroatoms. The maximum atomic E-state index is 5.93. The quantitative estimate of drug-likeness (QED) is 0.425. The number of hydrogen-bond acceptors (Lipinski definition) is 4. The fourth-order valence-electron chi connectivity index (χ4n) is 1.52. The van der Waals surface area contributed by atoms with E-state index < -0.39 is 0 Å². The second kappa shape index (κ2) is 8.44. The van der Waals surface area contributed by atoms with Gasteiger partial charge in [-0.05, 0) is 24.1 Å². The summed E-state index contributed by atoms with van der Waals surface area (Å²) in [5.74, 6) is 5.52. The first-order valence-corrected chi connectivity index (χ1v) is 5.94. The minimum Gasteiger partial charge on any atom is -0.382 e. The highest BCUT2D eigenvalue weighted by molar-refractivity contribution is 6.30. The van der Waals surface area contributed by atoms with E-state index in [-0.39, 0.29) is 6.04 Å². The van der Waals surface area contributed by atoms with Crippen LogP contribution in [0.15, 0.2) is 24.3 Å². The summed E-state index contributed by atoms with van der Waals surface area (Å²) in [5, 5.41) is 0.711. The fraction of sp³-hybridized carbons (Fsp3) is 0.500. The van der Waals surface area contributed by atoms with Crippen LogP contribution >= 0.6 is 11.6 Å². The summed E-state index contributed by atoms with van der Waals surface area (Å²) >= 11 is 5.93. The molecule has 0 saturated carbocycles. The zero-order valence-electron chi connectivity index (χ0n) is 9.99. The van der Waals surface area contributed by atoms with E-state index >= 15 is 0 Å². The number of hydrogen-bond donors (Lipinski definition) is 2. The lowest BCUT2D eigenvalue weighted by molar-refractivity contribution is 0.0658. The third-order valence-electron chi connectivity index (χ3n) is 2.43. The Morgan fingerprint density at radius 1 is 1.35 bits per heavy atom. The summed E-state index contributed by atoms with van der Waals surface area (Å²) in [6, 6.07) is 7.70. The molecule has 0 aromatic heterocycles. The number of nitrogens with one attached hydrogen (secondary N) is 1. The van der Waals surface area contributed by atoms with Crippen molar-refractivity contribution < 1.29 is 9.47 Å². The summed E-state index contributed by atoms with van der Waals surface area (Å²) in [4.78, 5) is 0. The number of ether oxygens (including phenoxy) is 2. The minimum atomic E-state index is 0.0521. The molecule has 3 N–H and O–H groups in total. The molecule has 1 rings (SSSR count). The molecule has 0 heterocycles. The van der Waals surface area contributed by atoms with Gasteiger partial charge in [0.2, 0.25) is 0 Å². The van der Waals surface area contributed by atoms with Gasteiger partial charge in [0, 0.05) is 24.8 Å². The number of methoxy groups -OCH3 is 1. The van der Waals surface area contributed by atoms with Gasteiger partial charge in [0.1, 0.15) is 0 Å². The van der Waals surface area contributed by atoms with E-state index in [4.69, 9.17) is 26.9 Å². The van der Waals surface area contributed by atoms with Gasteiger partial charge in [0.05, 0.1) is 13.2 Å². The van der Waals surface area contributed by atoms with Gasteiger partial charge in [0.25, 0.3) is 0 Å². The molecule has 4 nitrogen and oxygen atoms in total. The third kappa shape index (κ3) is 5.48. The zero-order chi connectivity index (χ0) is 12.5. The molecular weight excluding hydrogens is 240 g/mol. The van der Waals surface area contributed by atoms with Crippen molar-refractivity contribution in [3.8, 4) is 0 Å². The monoisotopic (exact) mass is 258 g/mol. The van der Waals surface area contributed by atoms with Gasteiger partial charge in [0.15, 0.2) is 0 Å². The lowest BCUT2D eigenvalue weighted by Gasteiger charge is -2.16. The van der Waals surface area contributed by atoms with Gasteiger partial charge in [-0.3, -0.25) is 11.3 Å². The van der Waals surface area contributed by atoms with Gasteiger partial charge in [-0.25, -0.2) is 0 Å². The summed E-state index contributed by atoms with van der Waals surface area (Å²) in [5.41, 5.74) is 3.83. The standard InChI is InChI=1S/C12H19ClN2O2/c1-16-7-8-17-6-5-12(15-14)10-3-2-4-11(13)9-10/h2-4,9,12,15H,5-8,14H2,1H3. The Balaban J connectivity index is 2.38. The SMILES string of the molecule is COCCOCCC(NN)c1cccc(Cl)c1. The lowest BCUT2D eigenvalue weighted by Crippen LogP contribution is -2.29. The minimum absolute atomic E-state index is 0.0521. The predicted molar refractivity (Wildman–Crippen MR) is 68.8 cm³/mol. The van der Waals surface area contributed by atoms with Crippen LogP contribution in [-0.2, 0) is 9.47 Å². The van der Waals surface area contributed by atoms with E-state index in [0.717, 1.165) is 12.0 Å². The molecule has 0 aliphatic heterocycles. The second-order valence-corrected chi connectivity index (χ2v) is 4.10. The van der Waals surface area contributed by atoms with Crippen molar-refractivity contribution in [1.82, 2.24) is 5.43 Å². The Morgan fingerprint density at radius 2 is 2.18 bits per heavy atom. The molecule has 0 saturated heterocycles. The van der Waals surface area contributed by atoms with E-state index in [1.165, 1.54) is 0 Å². The Labute approximate surface area is 107 Å². The van der Waals surface area contributed by atoms with Crippen molar-refractivity contribution in [2.75, 3.05) is 26.9 Å². The average molecular weight is 259 g/mol. The Bertz CT molecular complexity index is 323.